The third-order valence-electron chi connectivity index (χ3n) is 4.33. The summed E-state index contributed by atoms with van der Waals surface area (Å²) in [6.07, 6.45) is 0. The number of carbonyl (C=O) groups excluding carboxylic acids is 2. The summed E-state index contributed by atoms with van der Waals surface area (Å²) in [5.74, 6) is -0.512. The maximum Gasteiger partial charge on any atom is 0.258 e. The Bertz CT molecular complexity index is 1030. The number of ether oxygens (including phenoxy) is 2. The van der Waals surface area contributed by atoms with Crippen LogP contribution >= 0.6 is 11.6 Å². The molecule has 0 aromatic heterocycles. The third-order valence-corrected chi connectivity index (χ3v) is 4.61. The normalized spacial score (nSPS) is 10.3. The van der Waals surface area contributed by atoms with Gasteiger partial charge < -0.3 is 20.1 Å². The molecule has 0 fully saturated rings. The molecule has 30 heavy (non-hydrogen) atoms. The molecule has 0 aliphatic heterocycles. The highest BCUT2D eigenvalue weighted by Gasteiger charge is 2.22. The van der Waals surface area contributed by atoms with Gasteiger partial charge in [0.25, 0.3) is 11.8 Å². The molecule has 0 aliphatic rings. The smallest absolute Gasteiger partial charge is 0.258 e. The molecule has 3 rings (SSSR count). The van der Waals surface area contributed by atoms with Crippen molar-refractivity contribution >= 4 is 29.1 Å². The predicted octanol–water partition coefficient (Wildman–Crippen LogP) is 4.06. The van der Waals surface area contributed by atoms with E-state index in [4.69, 9.17) is 26.8 Å². The van der Waals surface area contributed by atoms with Crippen molar-refractivity contribution in [2.45, 2.75) is 6.54 Å². The Morgan fingerprint density at radius 1 is 1.00 bits per heavy atom. The topological polar surface area (TPSA) is 81.9 Å². The largest absolute Gasteiger partial charge is 0.493 e. The number of halogens is 1. The van der Waals surface area contributed by atoms with E-state index in [2.05, 4.69) is 0 Å². The van der Waals surface area contributed by atoms with Crippen molar-refractivity contribution in [2.75, 3.05) is 18.6 Å². The Balaban J connectivity index is 1.97. The first-order chi connectivity index (χ1) is 14.5. The average Bonchev–Trinajstić information content (AvgIpc) is 2.76. The molecule has 0 bridgehead atoms. The van der Waals surface area contributed by atoms with Gasteiger partial charge in [-0.3, -0.25) is 9.59 Å². The first kappa shape index (κ1) is 21.2. The highest BCUT2D eigenvalue weighted by molar-refractivity contribution is 6.33. The molecule has 2 amide bonds. The summed E-state index contributed by atoms with van der Waals surface area (Å²) >= 11 is 6.32. The van der Waals surface area contributed by atoms with Crippen molar-refractivity contribution in [1.82, 2.24) is 0 Å². The lowest BCUT2D eigenvalue weighted by Gasteiger charge is -2.24. The number of benzene rings is 3. The fraction of sp³-hybridized carbons (Fsp3) is 0.130. The van der Waals surface area contributed by atoms with Gasteiger partial charge >= 0.3 is 0 Å². The number of anilines is 1. The zero-order chi connectivity index (χ0) is 21.5. The van der Waals surface area contributed by atoms with Crippen LogP contribution in [-0.4, -0.2) is 25.5 Å². The number of amides is 2. The predicted molar refractivity (Wildman–Crippen MR) is 116 cm³/mol. The van der Waals surface area contributed by atoms with E-state index in [1.807, 2.05) is 60.7 Å². The molecule has 154 valence electrons. The summed E-state index contributed by atoms with van der Waals surface area (Å²) in [7, 11) is 1.43. The molecule has 0 unspecified atom stereocenters. The van der Waals surface area contributed by atoms with Gasteiger partial charge in [-0.1, -0.05) is 60.1 Å². The maximum absolute atomic E-state index is 13.4. The van der Waals surface area contributed by atoms with Crippen LogP contribution in [0.5, 0.6) is 11.5 Å². The molecule has 0 saturated carbocycles. The van der Waals surface area contributed by atoms with E-state index < -0.39 is 5.91 Å². The SMILES string of the molecule is COc1cc(C(=O)N(Cc2ccccc2)c2ccccc2)cc(Cl)c1OCC(N)=O. The maximum atomic E-state index is 13.4. The van der Waals surface area contributed by atoms with Crippen molar-refractivity contribution in [2.24, 2.45) is 5.73 Å². The number of para-hydroxylation sites is 1. The van der Waals surface area contributed by atoms with Crippen LogP contribution in [0, 0.1) is 0 Å². The lowest BCUT2D eigenvalue weighted by Crippen LogP contribution is -2.30. The van der Waals surface area contributed by atoms with Gasteiger partial charge in [0, 0.05) is 11.3 Å². The Morgan fingerprint density at radius 3 is 2.23 bits per heavy atom. The minimum absolute atomic E-state index is 0.145. The van der Waals surface area contributed by atoms with Crippen LogP contribution in [0.25, 0.3) is 0 Å². The molecule has 3 aromatic rings. The van der Waals surface area contributed by atoms with Crippen LogP contribution in [0.1, 0.15) is 15.9 Å². The van der Waals surface area contributed by atoms with Crippen LogP contribution in [0.4, 0.5) is 5.69 Å². The summed E-state index contributed by atoms with van der Waals surface area (Å²) in [5.41, 5.74) is 7.18. The van der Waals surface area contributed by atoms with Gasteiger partial charge in [-0.15, -0.1) is 0 Å². The fourth-order valence-corrected chi connectivity index (χ4v) is 3.20. The number of nitrogens with zero attached hydrogens (tertiary/aromatic N) is 1. The number of carbonyl (C=O) groups is 2. The van der Waals surface area contributed by atoms with Crippen LogP contribution in [-0.2, 0) is 11.3 Å². The standard InChI is InChI=1S/C23H21ClN2O4/c1-29-20-13-17(12-19(24)22(20)30-15-21(25)27)23(28)26(18-10-6-3-7-11-18)14-16-8-4-2-5-9-16/h2-13H,14-15H2,1H3,(H2,25,27). The molecule has 0 spiro atoms. The van der Waals surface area contributed by atoms with Gasteiger partial charge in [0.1, 0.15) is 0 Å². The Hall–Kier alpha value is -3.51. The van der Waals surface area contributed by atoms with E-state index in [0.29, 0.717) is 12.1 Å². The first-order valence-electron chi connectivity index (χ1n) is 9.19. The van der Waals surface area contributed by atoms with Crippen molar-refractivity contribution in [1.29, 1.82) is 0 Å². The van der Waals surface area contributed by atoms with Gasteiger partial charge in [0.05, 0.1) is 18.7 Å². The fourth-order valence-electron chi connectivity index (χ4n) is 2.94. The van der Waals surface area contributed by atoms with Crippen LogP contribution in [0.2, 0.25) is 5.02 Å². The molecule has 0 aliphatic carbocycles. The van der Waals surface area contributed by atoms with Crippen molar-refractivity contribution in [3.8, 4) is 11.5 Å². The Morgan fingerprint density at radius 2 is 1.63 bits per heavy atom. The monoisotopic (exact) mass is 424 g/mol. The lowest BCUT2D eigenvalue weighted by atomic mass is 10.1. The molecular weight excluding hydrogens is 404 g/mol. The zero-order valence-corrected chi connectivity index (χ0v) is 17.1. The van der Waals surface area contributed by atoms with Gasteiger partial charge in [0.15, 0.2) is 18.1 Å². The molecule has 0 saturated heterocycles. The van der Waals surface area contributed by atoms with Crippen molar-refractivity contribution < 1.29 is 19.1 Å². The molecular formula is C23H21ClN2O4. The van der Waals surface area contributed by atoms with Gasteiger partial charge in [0.2, 0.25) is 0 Å². The highest BCUT2D eigenvalue weighted by atomic mass is 35.5. The second kappa shape index (κ2) is 9.80. The molecule has 0 atom stereocenters. The van der Waals surface area contributed by atoms with Gasteiger partial charge in [-0.05, 0) is 29.8 Å². The summed E-state index contributed by atoms with van der Waals surface area (Å²) in [5, 5.41) is 0.145. The van der Waals surface area contributed by atoms with E-state index in [0.717, 1.165) is 11.3 Å². The summed E-state index contributed by atoms with van der Waals surface area (Å²) in [6.45, 7) is 0.0249. The Kier molecular flexibility index (Phi) is 6.93. The Labute approximate surface area is 179 Å². The van der Waals surface area contributed by atoms with Crippen LogP contribution < -0.4 is 20.1 Å². The molecule has 0 heterocycles. The van der Waals surface area contributed by atoms with Gasteiger partial charge in [-0.25, -0.2) is 0 Å². The minimum atomic E-state index is -0.647. The van der Waals surface area contributed by atoms with Crippen molar-refractivity contribution in [3.63, 3.8) is 0 Å². The van der Waals surface area contributed by atoms with E-state index in [1.54, 1.807) is 4.90 Å². The van der Waals surface area contributed by atoms with Gasteiger partial charge in [-0.2, -0.15) is 0 Å². The highest BCUT2D eigenvalue weighted by Crippen LogP contribution is 2.37. The molecule has 7 heteroatoms. The number of rotatable bonds is 8. The number of primary amides is 1. The molecule has 3 aromatic carbocycles. The number of methoxy groups -OCH3 is 1. The summed E-state index contributed by atoms with van der Waals surface area (Å²) in [6, 6.07) is 22.1. The van der Waals surface area contributed by atoms with E-state index in [9.17, 15) is 9.59 Å². The van der Waals surface area contributed by atoms with E-state index in [-0.39, 0.29) is 29.0 Å². The molecule has 0 radical (unpaired) electrons. The third kappa shape index (κ3) is 5.10. The lowest BCUT2D eigenvalue weighted by molar-refractivity contribution is -0.119. The minimum Gasteiger partial charge on any atom is -0.493 e. The summed E-state index contributed by atoms with van der Waals surface area (Å²) < 4.78 is 10.7. The quantitative estimate of drug-likeness (QED) is 0.591. The number of hydrogen-bond donors (Lipinski definition) is 1. The summed E-state index contributed by atoms with van der Waals surface area (Å²) in [4.78, 5) is 26.1. The first-order valence-corrected chi connectivity index (χ1v) is 9.57. The molecule has 2 N–H and O–H groups in total. The average molecular weight is 425 g/mol. The molecule has 6 nitrogen and oxygen atoms in total. The van der Waals surface area contributed by atoms with Crippen LogP contribution in [0.3, 0.4) is 0 Å². The van der Waals surface area contributed by atoms with E-state index >= 15 is 0 Å². The second-order valence-corrected chi connectivity index (χ2v) is 6.86. The number of hydrogen-bond acceptors (Lipinski definition) is 4. The zero-order valence-electron chi connectivity index (χ0n) is 16.4. The van der Waals surface area contributed by atoms with Crippen LogP contribution in [0.15, 0.2) is 72.8 Å². The van der Waals surface area contributed by atoms with Crippen molar-refractivity contribution in [3.05, 3.63) is 88.9 Å². The second-order valence-electron chi connectivity index (χ2n) is 6.46. The number of nitrogens with two attached hydrogens (primary N) is 1. The van der Waals surface area contributed by atoms with E-state index in [1.165, 1.54) is 19.2 Å².